The molecule has 0 atom stereocenters. The Hall–Kier alpha value is -6.38. The van der Waals surface area contributed by atoms with Gasteiger partial charge >= 0.3 is 0 Å². The molecule has 4 fully saturated rings. The maximum absolute atomic E-state index is 9.44. The monoisotopic (exact) mass is 710 g/mol. The van der Waals surface area contributed by atoms with Crippen LogP contribution in [0.1, 0.15) is 49.7 Å². The van der Waals surface area contributed by atoms with Crippen molar-refractivity contribution in [2.24, 2.45) is 17.8 Å². The standard InChI is InChI=1S/C50H38N4O/c51-30-31-9-20-45-44(24-31)43-19-16-40(26-46(43)55-45)39-7-4-8-41(25-39)49-53-47(37-12-10-36(11-13-37)35-5-2-1-3-6-35)52-48(54-49)38-14-17-42(18-15-38)50-27-32-21-33(28-50)23-34(22-32)29-50/h1-20,24-26,32-34H,21-23,27-29H2. The van der Waals surface area contributed by atoms with Crippen LogP contribution in [0, 0.1) is 29.1 Å². The Bertz CT molecular complexity index is 2760. The lowest BCUT2D eigenvalue weighted by Gasteiger charge is -2.57. The third kappa shape index (κ3) is 5.63. The Kier molecular flexibility index (Phi) is 7.35. The molecule has 4 bridgehead atoms. The second kappa shape index (κ2) is 12.6. The molecule has 0 aliphatic heterocycles. The molecule has 5 nitrogen and oxygen atoms in total. The number of furan rings is 1. The number of hydrogen-bond acceptors (Lipinski definition) is 5. The number of fused-ring (bicyclic) bond motifs is 3. The van der Waals surface area contributed by atoms with Gasteiger partial charge in [-0.2, -0.15) is 5.26 Å². The van der Waals surface area contributed by atoms with E-state index < -0.39 is 0 Å². The topological polar surface area (TPSA) is 75.6 Å². The van der Waals surface area contributed by atoms with Crippen LogP contribution in [-0.4, -0.2) is 15.0 Å². The summed E-state index contributed by atoms with van der Waals surface area (Å²) in [6, 6.07) is 50.6. The van der Waals surface area contributed by atoms with E-state index in [1.807, 2.05) is 18.2 Å². The summed E-state index contributed by atoms with van der Waals surface area (Å²) >= 11 is 0. The zero-order valence-electron chi connectivity index (χ0n) is 30.5. The Balaban J connectivity index is 0.981. The van der Waals surface area contributed by atoms with Crippen LogP contribution in [0.4, 0.5) is 0 Å². The summed E-state index contributed by atoms with van der Waals surface area (Å²) in [5, 5.41) is 11.4. The van der Waals surface area contributed by atoms with Crippen LogP contribution < -0.4 is 0 Å². The van der Waals surface area contributed by atoms with Crippen LogP contribution in [0.25, 0.3) is 78.4 Å². The number of aromatic nitrogens is 3. The summed E-state index contributed by atoms with van der Waals surface area (Å²) in [4.78, 5) is 15.4. The lowest BCUT2D eigenvalue weighted by Crippen LogP contribution is -2.48. The van der Waals surface area contributed by atoms with Gasteiger partial charge in [0.15, 0.2) is 17.5 Å². The van der Waals surface area contributed by atoms with E-state index in [0.717, 1.165) is 73.1 Å². The second-order valence-corrected chi connectivity index (χ2v) is 16.2. The Morgan fingerprint density at radius 2 is 1.02 bits per heavy atom. The van der Waals surface area contributed by atoms with E-state index >= 15 is 0 Å². The van der Waals surface area contributed by atoms with Gasteiger partial charge in [0, 0.05) is 27.5 Å². The third-order valence-corrected chi connectivity index (χ3v) is 12.7. The van der Waals surface area contributed by atoms with E-state index in [1.54, 1.807) is 6.07 Å². The fourth-order valence-corrected chi connectivity index (χ4v) is 10.5. The van der Waals surface area contributed by atoms with E-state index in [0.29, 0.717) is 28.5 Å². The highest BCUT2D eigenvalue weighted by Gasteiger charge is 2.51. The van der Waals surface area contributed by atoms with E-state index in [1.165, 1.54) is 49.7 Å². The molecule has 6 aromatic carbocycles. The number of benzene rings is 6. The van der Waals surface area contributed by atoms with Crippen molar-refractivity contribution >= 4 is 21.9 Å². The molecular weight excluding hydrogens is 673 g/mol. The minimum absolute atomic E-state index is 0.342. The molecule has 0 spiro atoms. The van der Waals surface area contributed by atoms with Gasteiger partial charge in [0.2, 0.25) is 0 Å². The molecule has 2 aromatic heterocycles. The highest BCUT2D eigenvalue weighted by Crippen LogP contribution is 2.60. The molecule has 5 heteroatoms. The van der Waals surface area contributed by atoms with E-state index in [9.17, 15) is 5.26 Å². The minimum atomic E-state index is 0.342. The zero-order valence-corrected chi connectivity index (χ0v) is 30.5. The number of nitrogens with zero attached hydrogens (tertiary/aromatic N) is 4. The van der Waals surface area contributed by atoms with Crippen molar-refractivity contribution in [1.29, 1.82) is 5.26 Å². The van der Waals surface area contributed by atoms with Crippen LogP contribution >= 0.6 is 0 Å². The first-order valence-electron chi connectivity index (χ1n) is 19.6. The molecule has 8 aromatic rings. The van der Waals surface area contributed by atoms with Crippen molar-refractivity contribution < 1.29 is 4.42 Å². The molecule has 0 saturated heterocycles. The number of rotatable bonds is 6. The quantitative estimate of drug-likeness (QED) is 0.172. The van der Waals surface area contributed by atoms with Crippen LogP contribution in [0.5, 0.6) is 0 Å². The largest absolute Gasteiger partial charge is 0.456 e. The van der Waals surface area contributed by atoms with Crippen LogP contribution in [0.2, 0.25) is 0 Å². The summed E-state index contributed by atoms with van der Waals surface area (Å²) in [7, 11) is 0. The second-order valence-electron chi connectivity index (χ2n) is 16.2. The van der Waals surface area contributed by atoms with Gasteiger partial charge in [-0.05, 0) is 126 Å². The highest BCUT2D eigenvalue weighted by molar-refractivity contribution is 6.06. The molecule has 4 aliphatic carbocycles. The van der Waals surface area contributed by atoms with Gasteiger partial charge in [-0.25, -0.2) is 15.0 Å². The lowest BCUT2D eigenvalue weighted by molar-refractivity contribution is -0.00518. The summed E-state index contributed by atoms with van der Waals surface area (Å²) in [6.45, 7) is 0. The summed E-state index contributed by atoms with van der Waals surface area (Å²) < 4.78 is 6.23. The first-order valence-corrected chi connectivity index (χ1v) is 19.6. The highest BCUT2D eigenvalue weighted by atomic mass is 16.3. The van der Waals surface area contributed by atoms with Crippen molar-refractivity contribution in [2.45, 2.75) is 43.9 Å². The molecular formula is C50H38N4O. The third-order valence-electron chi connectivity index (χ3n) is 12.7. The van der Waals surface area contributed by atoms with Gasteiger partial charge < -0.3 is 4.42 Å². The van der Waals surface area contributed by atoms with E-state index in [4.69, 9.17) is 19.4 Å². The SMILES string of the molecule is N#Cc1ccc2oc3cc(-c4cccc(-c5nc(-c6ccc(-c7ccccc7)cc6)nc(-c6ccc(C78CC9CC(CC(C9)C7)C8)cc6)n5)c4)ccc3c2c1. The minimum Gasteiger partial charge on any atom is -0.456 e. The van der Waals surface area contributed by atoms with Crippen molar-refractivity contribution in [3.05, 3.63) is 151 Å². The maximum Gasteiger partial charge on any atom is 0.164 e. The van der Waals surface area contributed by atoms with Gasteiger partial charge in [0.1, 0.15) is 11.2 Å². The fraction of sp³-hybridized carbons (Fsp3) is 0.200. The normalized spacial score (nSPS) is 21.3. The molecule has 0 amide bonds. The molecule has 264 valence electrons. The number of hydrogen-bond donors (Lipinski definition) is 0. The first-order chi connectivity index (χ1) is 27.1. The summed E-state index contributed by atoms with van der Waals surface area (Å²) in [5.41, 5.74) is 11.3. The molecule has 4 saturated carbocycles. The molecule has 2 heterocycles. The van der Waals surface area contributed by atoms with Gasteiger partial charge in [-0.15, -0.1) is 0 Å². The zero-order chi connectivity index (χ0) is 36.5. The molecule has 0 N–H and O–H groups in total. The summed E-state index contributed by atoms with van der Waals surface area (Å²) in [5.74, 6) is 4.67. The first kappa shape index (κ1) is 32.1. The van der Waals surface area contributed by atoms with E-state index in [-0.39, 0.29) is 0 Å². The molecule has 0 radical (unpaired) electrons. The van der Waals surface area contributed by atoms with Gasteiger partial charge in [0.25, 0.3) is 0 Å². The Labute approximate surface area is 320 Å². The average Bonchev–Trinajstić information content (AvgIpc) is 3.61. The van der Waals surface area contributed by atoms with Gasteiger partial charge in [0.05, 0.1) is 11.6 Å². The predicted octanol–water partition coefficient (Wildman–Crippen LogP) is 12.4. The molecule has 4 aliphatic rings. The van der Waals surface area contributed by atoms with Crippen LogP contribution in [-0.2, 0) is 5.41 Å². The van der Waals surface area contributed by atoms with Crippen molar-refractivity contribution in [3.63, 3.8) is 0 Å². The Morgan fingerprint density at radius 1 is 0.473 bits per heavy atom. The Morgan fingerprint density at radius 3 is 1.69 bits per heavy atom. The maximum atomic E-state index is 9.44. The number of nitriles is 1. The molecule has 55 heavy (non-hydrogen) atoms. The molecule has 12 rings (SSSR count). The van der Waals surface area contributed by atoms with E-state index in [2.05, 4.69) is 121 Å². The summed E-state index contributed by atoms with van der Waals surface area (Å²) in [6.07, 6.45) is 8.37. The smallest absolute Gasteiger partial charge is 0.164 e. The van der Waals surface area contributed by atoms with Crippen molar-refractivity contribution in [2.75, 3.05) is 0 Å². The molecule has 0 unspecified atom stereocenters. The van der Waals surface area contributed by atoms with Crippen LogP contribution in [0.3, 0.4) is 0 Å². The van der Waals surface area contributed by atoms with Gasteiger partial charge in [-0.1, -0.05) is 103 Å². The lowest BCUT2D eigenvalue weighted by atomic mass is 9.48. The van der Waals surface area contributed by atoms with Crippen molar-refractivity contribution in [1.82, 2.24) is 15.0 Å². The fourth-order valence-electron chi connectivity index (χ4n) is 10.5. The average molecular weight is 711 g/mol. The van der Waals surface area contributed by atoms with Gasteiger partial charge in [-0.3, -0.25) is 0 Å². The predicted molar refractivity (Wildman–Crippen MR) is 219 cm³/mol. The van der Waals surface area contributed by atoms with Crippen LogP contribution in [0.15, 0.2) is 144 Å². The van der Waals surface area contributed by atoms with Crippen molar-refractivity contribution in [3.8, 4) is 62.5 Å².